The molecule has 0 aliphatic rings. The maximum atomic E-state index is 13.5. The molecule has 0 fully saturated rings. The van der Waals surface area contributed by atoms with Crippen molar-refractivity contribution in [1.82, 2.24) is 4.98 Å². The lowest BCUT2D eigenvalue weighted by molar-refractivity contribution is 0.101. The van der Waals surface area contributed by atoms with Crippen LogP contribution in [0.5, 0.6) is 0 Å². The van der Waals surface area contributed by atoms with Crippen LogP contribution in [0.3, 0.4) is 0 Å². The number of benzene rings is 1. The summed E-state index contributed by atoms with van der Waals surface area (Å²) < 4.78 is 39.9. The Bertz CT molecular complexity index is 691. The average Bonchev–Trinajstić information content (AvgIpc) is 2.32. The van der Waals surface area contributed by atoms with E-state index in [-0.39, 0.29) is 16.0 Å². The number of hydrogen-bond donors (Lipinski definition) is 1. The molecule has 1 heterocycles. The van der Waals surface area contributed by atoms with Gasteiger partial charge in [0.15, 0.2) is 5.15 Å². The molecule has 2 rings (SSSR count). The number of anilines is 1. The van der Waals surface area contributed by atoms with E-state index in [1.165, 1.54) is 6.07 Å². The highest BCUT2D eigenvalue weighted by atomic mass is 35.5. The summed E-state index contributed by atoms with van der Waals surface area (Å²) in [5.41, 5.74) is -0.396. The van der Waals surface area contributed by atoms with Crippen LogP contribution in [0.15, 0.2) is 18.2 Å². The van der Waals surface area contributed by atoms with Crippen molar-refractivity contribution in [3.63, 3.8) is 0 Å². The SMILES string of the molecule is Cc1cc(Cl)nc(Cl)c1NC(=O)c1c(F)cc(F)cc1F. The second kappa shape index (κ2) is 5.91. The Morgan fingerprint density at radius 2 is 1.71 bits per heavy atom. The molecule has 0 aliphatic heterocycles. The van der Waals surface area contributed by atoms with Gasteiger partial charge in [-0.2, -0.15) is 0 Å². The number of pyridine rings is 1. The molecule has 3 nitrogen and oxygen atoms in total. The van der Waals surface area contributed by atoms with Crippen LogP contribution < -0.4 is 5.32 Å². The predicted molar refractivity (Wildman–Crippen MR) is 73.3 cm³/mol. The molecule has 1 aromatic heterocycles. The highest BCUT2D eigenvalue weighted by Gasteiger charge is 2.21. The first-order valence-electron chi connectivity index (χ1n) is 5.58. The lowest BCUT2D eigenvalue weighted by atomic mass is 10.1. The quantitative estimate of drug-likeness (QED) is 0.829. The van der Waals surface area contributed by atoms with Crippen LogP contribution in [0, 0.1) is 24.4 Å². The third-order valence-corrected chi connectivity index (χ3v) is 3.08. The van der Waals surface area contributed by atoms with E-state index in [1.807, 2.05) is 0 Å². The number of hydrogen-bond acceptors (Lipinski definition) is 2. The molecule has 1 aromatic carbocycles. The third-order valence-electron chi connectivity index (χ3n) is 2.61. The lowest BCUT2D eigenvalue weighted by Crippen LogP contribution is -2.17. The van der Waals surface area contributed by atoms with E-state index in [0.717, 1.165) is 0 Å². The van der Waals surface area contributed by atoms with Crippen molar-refractivity contribution in [2.45, 2.75) is 6.92 Å². The molecule has 0 aliphatic carbocycles. The van der Waals surface area contributed by atoms with Gasteiger partial charge in [0.05, 0.1) is 5.69 Å². The van der Waals surface area contributed by atoms with Gasteiger partial charge in [-0.3, -0.25) is 4.79 Å². The molecular weight excluding hydrogens is 328 g/mol. The van der Waals surface area contributed by atoms with Crippen LogP contribution in [-0.2, 0) is 0 Å². The Morgan fingerprint density at radius 3 is 2.24 bits per heavy atom. The molecule has 0 atom stereocenters. The smallest absolute Gasteiger partial charge is 0.261 e. The van der Waals surface area contributed by atoms with Crippen LogP contribution in [-0.4, -0.2) is 10.9 Å². The van der Waals surface area contributed by atoms with Gasteiger partial charge < -0.3 is 5.32 Å². The van der Waals surface area contributed by atoms with Crippen molar-refractivity contribution < 1.29 is 18.0 Å². The Hall–Kier alpha value is -1.79. The Kier molecular flexibility index (Phi) is 4.39. The van der Waals surface area contributed by atoms with Crippen LogP contribution in [0.2, 0.25) is 10.3 Å². The summed E-state index contributed by atoms with van der Waals surface area (Å²) in [7, 11) is 0. The van der Waals surface area contributed by atoms with Crippen molar-refractivity contribution in [1.29, 1.82) is 0 Å². The molecule has 8 heteroatoms. The van der Waals surface area contributed by atoms with Crippen LogP contribution >= 0.6 is 23.2 Å². The van der Waals surface area contributed by atoms with Crippen LogP contribution in [0.4, 0.5) is 18.9 Å². The summed E-state index contributed by atoms with van der Waals surface area (Å²) >= 11 is 11.5. The normalized spacial score (nSPS) is 10.6. The van der Waals surface area contributed by atoms with E-state index < -0.39 is 28.9 Å². The zero-order chi connectivity index (χ0) is 15.7. The monoisotopic (exact) mass is 334 g/mol. The fraction of sp³-hybridized carbons (Fsp3) is 0.0769. The summed E-state index contributed by atoms with van der Waals surface area (Å²) in [6.07, 6.45) is 0. The minimum absolute atomic E-state index is 0.0641. The number of rotatable bonds is 2. The standard InChI is InChI=1S/C13H7Cl2F3N2O/c1-5-2-9(14)19-12(15)11(5)20-13(21)10-7(17)3-6(16)4-8(10)18/h2-4H,1H3,(H,20,21). The summed E-state index contributed by atoms with van der Waals surface area (Å²) in [6.45, 7) is 1.58. The molecule has 1 N–H and O–H groups in total. The predicted octanol–water partition coefficient (Wildman–Crippen LogP) is 4.37. The summed E-state index contributed by atoms with van der Waals surface area (Å²) in [5, 5.41) is 2.21. The molecule has 21 heavy (non-hydrogen) atoms. The maximum absolute atomic E-state index is 13.5. The Balaban J connectivity index is 2.40. The van der Waals surface area contributed by atoms with Crippen molar-refractivity contribution in [3.8, 4) is 0 Å². The molecule has 0 saturated carbocycles. The molecule has 2 aromatic rings. The minimum Gasteiger partial charge on any atom is -0.319 e. The number of carbonyl (C=O) groups is 1. The van der Waals surface area contributed by atoms with Gasteiger partial charge in [-0.15, -0.1) is 0 Å². The van der Waals surface area contributed by atoms with E-state index in [4.69, 9.17) is 23.2 Å². The lowest BCUT2D eigenvalue weighted by Gasteiger charge is -2.11. The van der Waals surface area contributed by atoms with Crippen molar-refractivity contribution in [2.75, 3.05) is 5.32 Å². The largest absolute Gasteiger partial charge is 0.319 e. The minimum atomic E-state index is -1.32. The zero-order valence-corrected chi connectivity index (χ0v) is 12.0. The van der Waals surface area contributed by atoms with Crippen molar-refractivity contribution in [2.24, 2.45) is 0 Å². The van der Waals surface area contributed by atoms with Gasteiger partial charge in [0.1, 0.15) is 28.2 Å². The topological polar surface area (TPSA) is 42.0 Å². The van der Waals surface area contributed by atoms with Crippen LogP contribution in [0.25, 0.3) is 0 Å². The van der Waals surface area contributed by atoms with Gasteiger partial charge in [0, 0.05) is 12.1 Å². The van der Waals surface area contributed by atoms with Gasteiger partial charge >= 0.3 is 0 Å². The Labute approximate surface area is 127 Å². The van der Waals surface area contributed by atoms with Gasteiger partial charge in [-0.25, -0.2) is 18.2 Å². The fourth-order valence-electron chi connectivity index (χ4n) is 1.68. The number of aromatic nitrogens is 1. The van der Waals surface area contributed by atoms with Gasteiger partial charge in [0.25, 0.3) is 5.91 Å². The van der Waals surface area contributed by atoms with E-state index in [1.54, 1.807) is 6.92 Å². The highest BCUT2D eigenvalue weighted by molar-refractivity contribution is 6.35. The van der Waals surface area contributed by atoms with Gasteiger partial charge in [0.2, 0.25) is 0 Å². The first-order chi connectivity index (χ1) is 9.79. The van der Waals surface area contributed by atoms with Gasteiger partial charge in [-0.05, 0) is 18.6 Å². The molecule has 0 bridgehead atoms. The summed E-state index contributed by atoms with van der Waals surface area (Å²) in [4.78, 5) is 15.6. The third kappa shape index (κ3) is 3.28. The first kappa shape index (κ1) is 15.6. The summed E-state index contributed by atoms with van der Waals surface area (Å²) in [6, 6.07) is 2.24. The van der Waals surface area contributed by atoms with Crippen molar-refractivity contribution >= 4 is 34.8 Å². The molecule has 0 spiro atoms. The molecule has 1 amide bonds. The molecule has 0 saturated heterocycles. The first-order valence-corrected chi connectivity index (χ1v) is 6.33. The fourth-order valence-corrected chi connectivity index (χ4v) is 2.26. The molecule has 110 valence electrons. The number of nitrogens with one attached hydrogen (secondary N) is 1. The maximum Gasteiger partial charge on any atom is 0.261 e. The highest BCUT2D eigenvalue weighted by Crippen LogP contribution is 2.27. The molecule has 0 radical (unpaired) electrons. The number of nitrogens with zero attached hydrogens (tertiary/aromatic N) is 1. The van der Waals surface area contributed by atoms with E-state index >= 15 is 0 Å². The zero-order valence-electron chi connectivity index (χ0n) is 10.5. The van der Waals surface area contributed by atoms with E-state index in [2.05, 4.69) is 10.3 Å². The van der Waals surface area contributed by atoms with Crippen LogP contribution in [0.1, 0.15) is 15.9 Å². The number of halogens is 5. The summed E-state index contributed by atoms with van der Waals surface area (Å²) in [5.74, 6) is -4.87. The number of amides is 1. The van der Waals surface area contributed by atoms with Gasteiger partial charge in [-0.1, -0.05) is 23.2 Å². The molecular formula is C13H7Cl2F3N2O. The van der Waals surface area contributed by atoms with Crippen molar-refractivity contribution in [3.05, 3.63) is 57.1 Å². The molecule has 0 unspecified atom stereocenters. The Morgan fingerprint density at radius 1 is 1.14 bits per heavy atom. The second-order valence-corrected chi connectivity index (χ2v) is 4.87. The average molecular weight is 335 g/mol. The number of carbonyl (C=O) groups excluding carboxylic acids is 1. The van der Waals surface area contributed by atoms with E-state index in [9.17, 15) is 18.0 Å². The number of aryl methyl sites for hydroxylation is 1. The second-order valence-electron chi connectivity index (χ2n) is 4.13. The van der Waals surface area contributed by atoms with E-state index in [0.29, 0.717) is 17.7 Å².